The second kappa shape index (κ2) is 14.6. The van der Waals surface area contributed by atoms with Crippen LogP contribution in [0.5, 0.6) is 17.2 Å². The van der Waals surface area contributed by atoms with Crippen LogP contribution in [0.1, 0.15) is 71.8 Å². The molecule has 51 heavy (non-hydrogen) atoms. The minimum Gasteiger partial charge on any atom is -0.497 e. The van der Waals surface area contributed by atoms with Crippen LogP contribution in [0.25, 0.3) is 22.2 Å². The number of benzene rings is 3. The van der Waals surface area contributed by atoms with Crippen molar-refractivity contribution in [2.75, 3.05) is 47.3 Å². The maximum absolute atomic E-state index is 13.3. The van der Waals surface area contributed by atoms with Gasteiger partial charge in [-0.05, 0) is 78.8 Å². The Bertz CT molecular complexity index is 2050. The minimum atomic E-state index is -3.95. The third-order valence-electron chi connectivity index (χ3n) is 10.4. The molecule has 272 valence electrons. The fourth-order valence-corrected chi connectivity index (χ4v) is 8.27. The summed E-state index contributed by atoms with van der Waals surface area (Å²) in [6.07, 6.45) is 7.14. The van der Waals surface area contributed by atoms with Crippen LogP contribution in [0, 0.1) is 0 Å². The van der Waals surface area contributed by atoms with Gasteiger partial charge in [-0.3, -0.25) is 4.79 Å². The molecule has 2 saturated carbocycles. The monoisotopic (exact) mass is 718 g/mol. The third-order valence-corrected chi connectivity index (χ3v) is 11.8. The number of methoxy groups -OCH3 is 3. The Morgan fingerprint density at radius 2 is 1.67 bits per heavy atom. The molecule has 3 aliphatic rings. The number of nitrogens with one attached hydrogen (secondary N) is 2. The fourth-order valence-electron chi connectivity index (χ4n) is 7.73. The molecule has 1 amide bonds. The SMILES string of the molecule is COc1ccc(NC23CC2c2cc(OC)ccc2-c2c(C4CCCCC4)c4ccc(C(=O)NS(=O)(=O)N(C)C)cc4n2C3)c(OC)c1.O=CCO. The fraction of sp³-hybridized carbons (Fsp3) is 0.421. The Balaban J connectivity index is 0.00000107. The van der Waals surface area contributed by atoms with Crippen LogP contribution in [-0.2, 0) is 21.5 Å². The first-order valence-electron chi connectivity index (χ1n) is 17.1. The van der Waals surface area contributed by atoms with Gasteiger partial charge in [-0.25, -0.2) is 4.72 Å². The third kappa shape index (κ3) is 6.89. The Morgan fingerprint density at radius 3 is 2.31 bits per heavy atom. The summed E-state index contributed by atoms with van der Waals surface area (Å²) >= 11 is 0. The van der Waals surface area contributed by atoms with Gasteiger partial charge in [0.1, 0.15) is 23.5 Å². The van der Waals surface area contributed by atoms with Crippen molar-refractivity contribution in [1.82, 2.24) is 13.6 Å². The Hall–Kier alpha value is -4.59. The topological polar surface area (TPSA) is 148 Å². The number of aldehydes is 1. The summed E-state index contributed by atoms with van der Waals surface area (Å²) in [4.78, 5) is 22.3. The average Bonchev–Trinajstić information content (AvgIpc) is 3.78. The molecule has 2 heterocycles. The number of nitrogens with zero attached hydrogens (tertiary/aromatic N) is 2. The zero-order valence-corrected chi connectivity index (χ0v) is 30.5. The van der Waals surface area contributed by atoms with E-state index in [2.05, 4.69) is 26.7 Å². The van der Waals surface area contributed by atoms with Gasteiger partial charge in [-0.1, -0.05) is 25.3 Å². The van der Waals surface area contributed by atoms with Crippen molar-refractivity contribution in [2.45, 2.75) is 62.4 Å². The molecule has 3 N–H and O–H groups in total. The number of carbonyl (C=O) groups excluding carboxylic acids is 2. The molecule has 13 heteroatoms. The smallest absolute Gasteiger partial charge is 0.303 e. The largest absolute Gasteiger partial charge is 0.497 e. The quantitative estimate of drug-likeness (QED) is 0.182. The van der Waals surface area contributed by atoms with Crippen LogP contribution in [-0.4, -0.2) is 82.2 Å². The molecule has 2 fully saturated rings. The Morgan fingerprint density at radius 1 is 0.980 bits per heavy atom. The number of anilines is 1. The lowest BCUT2D eigenvalue weighted by molar-refractivity contribution is -0.110. The number of rotatable bonds is 10. The predicted octanol–water partition coefficient (Wildman–Crippen LogP) is 5.45. The van der Waals surface area contributed by atoms with Gasteiger partial charge in [-0.15, -0.1) is 0 Å². The van der Waals surface area contributed by atoms with Crippen molar-refractivity contribution in [2.24, 2.45) is 0 Å². The van der Waals surface area contributed by atoms with E-state index in [0.29, 0.717) is 35.8 Å². The number of hydrogen-bond donors (Lipinski definition) is 3. The Labute approximate surface area is 298 Å². The highest BCUT2D eigenvalue weighted by Crippen LogP contribution is 2.61. The molecule has 0 spiro atoms. The number of hydrogen-bond acceptors (Lipinski definition) is 9. The van der Waals surface area contributed by atoms with Gasteiger partial charge in [0.2, 0.25) is 0 Å². The van der Waals surface area contributed by atoms with E-state index in [1.165, 1.54) is 55.7 Å². The normalized spacial score (nSPS) is 19.4. The summed E-state index contributed by atoms with van der Waals surface area (Å²) in [6, 6.07) is 17.8. The number of aliphatic hydroxyl groups is 1. The molecule has 1 aromatic heterocycles. The van der Waals surface area contributed by atoms with Crippen LogP contribution in [0.4, 0.5) is 5.69 Å². The molecule has 12 nitrogen and oxygen atoms in total. The molecule has 4 aromatic rings. The number of fused-ring (bicyclic) bond motifs is 7. The van der Waals surface area contributed by atoms with Gasteiger partial charge >= 0.3 is 10.2 Å². The number of carbonyl (C=O) groups is 2. The summed E-state index contributed by atoms with van der Waals surface area (Å²) in [5, 5.41) is 12.5. The first kappa shape index (κ1) is 36.2. The molecule has 0 bridgehead atoms. The van der Waals surface area contributed by atoms with Crippen LogP contribution in [0.15, 0.2) is 54.6 Å². The summed E-state index contributed by atoms with van der Waals surface area (Å²) in [7, 11) is 3.83. The number of amides is 1. The van der Waals surface area contributed by atoms with E-state index < -0.39 is 16.1 Å². The lowest BCUT2D eigenvalue weighted by atomic mass is 9.81. The lowest BCUT2D eigenvalue weighted by Gasteiger charge is -2.25. The summed E-state index contributed by atoms with van der Waals surface area (Å²) in [5.41, 5.74) is 6.65. The van der Waals surface area contributed by atoms with E-state index in [1.54, 1.807) is 27.4 Å². The second-order valence-electron chi connectivity index (χ2n) is 13.5. The van der Waals surface area contributed by atoms with E-state index in [0.717, 1.165) is 45.9 Å². The van der Waals surface area contributed by atoms with E-state index in [9.17, 15) is 13.2 Å². The molecule has 3 aromatic carbocycles. The number of aromatic nitrogens is 1. The zero-order valence-electron chi connectivity index (χ0n) is 29.7. The highest BCUT2D eigenvalue weighted by atomic mass is 32.2. The maximum atomic E-state index is 13.3. The van der Waals surface area contributed by atoms with E-state index in [4.69, 9.17) is 24.1 Å². The van der Waals surface area contributed by atoms with Crippen molar-refractivity contribution in [3.63, 3.8) is 0 Å². The standard InChI is InChI=1S/C36H42N4O6S.C2H4O2/c1-39(2)47(42,43)38-35(41)23-11-14-27-31(17-23)40-21-36(37-30-16-13-25(45-4)19-32(30)46-5)20-29(36)28-18-24(44-3)12-15-26(28)34(40)33(27)22-9-7-6-8-10-22;3-1-2-4/h11-19,22,29,37H,6-10,20-21H2,1-5H3,(H,38,41);1,4H,2H2. The molecule has 2 aliphatic carbocycles. The second-order valence-corrected chi connectivity index (χ2v) is 15.4. The average molecular weight is 719 g/mol. The lowest BCUT2D eigenvalue weighted by Crippen LogP contribution is -2.39. The van der Waals surface area contributed by atoms with Gasteiger partial charge in [0.25, 0.3) is 5.91 Å². The van der Waals surface area contributed by atoms with Crippen LogP contribution in [0.3, 0.4) is 0 Å². The molecule has 2 unspecified atom stereocenters. The van der Waals surface area contributed by atoms with Gasteiger partial charge < -0.3 is 34.0 Å². The first-order chi connectivity index (χ1) is 24.5. The predicted molar refractivity (Wildman–Crippen MR) is 196 cm³/mol. The maximum Gasteiger partial charge on any atom is 0.303 e. The molecule has 2 atom stereocenters. The summed E-state index contributed by atoms with van der Waals surface area (Å²) in [6.45, 7) is 0.281. The molecular weight excluding hydrogens is 673 g/mol. The summed E-state index contributed by atoms with van der Waals surface area (Å²) in [5.74, 6) is 2.15. The van der Waals surface area contributed by atoms with Crippen molar-refractivity contribution < 1.29 is 37.3 Å². The number of ether oxygens (including phenoxy) is 3. The van der Waals surface area contributed by atoms with Gasteiger partial charge in [0.05, 0.1) is 44.9 Å². The molecule has 0 radical (unpaired) electrons. The minimum absolute atomic E-state index is 0.199. The molecule has 7 rings (SSSR count). The first-order valence-corrected chi connectivity index (χ1v) is 18.6. The van der Waals surface area contributed by atoms with Gasteiger partial charge in [0.15, 0.2) is 0 Å². The summed E-state index contributed by atoms with van der Waals surface area (Å²) < 4.78 is 47.7. The Kier molecular flexibility index (Phi) is 10.3. The van der Waals surface area contributed by atoms with Crippen molar-refractivity contribution in [1.29, 1.82) is 0 Å². The van der Waals surface area contributed by atoms with Gasteiger partial charge in [-0.2, -0.15) is 12.7 Å². The zero-order chi connectivity index (χ0) is 36.5. The number of aliphatic hydroxyl groups excluding tert-OH is 1. The van der Waals surface area contributed by atoms with Crippen LogP contribution < -0.4 is 24.2 Å². The van der Waals surface area contributed by atoms with Crippen molar-refractivity contribution in [3.05, 3.63) is 71.3 Å². The van der Waals surface area contributed by atoms with Crippen molar-refractivity contribution in [3.8, 4) is 28.5 Å². The van der Waals surface area contributed by atoms with Crippen LogP contribution in [0.2, 0.25) is 0 Å². The highest BCUT2D eigenvalue weighted by molar-refractivity contribution is 7.87. The van der Waals surface area contributed by atoms with Crippen molar-refractivity contribution >= 4 is 39.0 Å². The van der Waals surface area contributed by atoms with E-state index in [1.807, 2.05) is 36.4 Å². The van der Waals surface area contributed by atoms with Gasteiger partial charge in [0, 0.05) is 54.7 Å². The molecule has 1 aliphatic heterocycles. The molecular formula is C38H46N4O8S. The molecule has 0 saturated heterocycles. The van der Waals surface area contributed by atoms with E-state index in [-0.39, 0.29) is 18.1 Å². The highest BCUT2D eigenvalue weighted by Gasteiger charge is 2.58. The van der Waals surface area contributed by atoms with E-state index >= 15 is 0 Å². The van der Waals surface area contributed by atoms with Crippen LogP contribution >= 0.6 is 0 Å².